The standard InChI is InChI=1S/C28H35ClFN3O5/c1-21-17-24(7-8-25(21)29)37-20-28(18-27(35)32-11-14-36-15-12-32)19-33(13-16-38-28)26(34)9-10-31(2)23-5-3-22(30)4-6-23/h3-8,17H,9-16,18-20H2,1-2H3. The van der Waals surface area contributed by atoms with Crippen LogP contribution in [0.4, 0.5) is 10.1 Å². The summed E-state index contributed by atoms with van der Waals surface area (Å²) in [4.78, 5) is 31.9. The Balaban J connectivity index is 1.43. The molecule has 2 saturated heterocycles. The number of amides is 2. The van der Waals surface area contributed by atoms with Crippen LogP contribution in [0.1, 0.15) is 18.4 Å². The zero-order valence-corrected chi connectivity index (χ0v) is 22.7. The summed E-state index contributed by atoms with van der Waals surface area (Å²) in [6, 6.07) is 11.6. The first-order valence-electron chi connectivity index (χ1n) is 12.9. The first-order valence-corrected chi connectivity index (χ1v) is 13.3. The molecule has 0 bridgehead atoms. The van der Waals surface area contributed by atoms with Crippen molar-refractivity contribution in [2.75, 3.05) is 71.1 Å². The van der Waals surface area contributed by atoms with E-state index in [9.17, 15) is 14.0 Å². The lowest BCUT2D eigenvalue weighted by molar-refractivity contribution is -0.167. The highest BCUT2D eigenvalue weighted by Gasteiger charge is 2.42. The highest BCUT2D eigenvalue weighted by molar-refractivity contribution is 6.31. The number of nitrogens with zero attached hydrogens (tertiary/aromatic N) is 3. The Morgan fingerprint density at radius 2 is 1.76 bits per heavy atom. The number of aryl methyl sites for hydroxylation is 1. The van der Waals surface area contributed by atoms with Gasteiger partial charge in [-0.3, -0.25) is 9.59 Å². The van der Waals surface area contributed by atoms with Gasteiger partial charge in [0.25, 0.3) is 0 Å². The maximum absolute atomic E-state index is 13.3. The van der Waals surface area contributed by atoms with Crippen LogP contribution in [0.2, 0.25) is 5.02 Å². The van der Waals surface area contributed by atoms with E-state index in [4.69, 9.17) is 25.8 Å². The van der Waals surface area contributed by atoms with Crippen LogP contribution in [0, 0.1) is 12.7 Å². The number of hydrogen-bond donors (Lipinski definition) is 0. The lowest BCUT2D eigenvalue weighted by atomic mass is 9.96. The summed E-state index contributed by atoms with van der Waals surface area (Å²) < 4.78 is 31.0. The summed E-state index contributed by atoms with van der Waals surface area (Å²) in [6.07, 6.45) is 0.372. The quantitative estimate of drug-likeness (QED) is 0.478. The average molecular weight is 548 g/mol. The molecule has 2 aliphatic heterocycles. The molecule has 0 spiro atoms. The van der Waals surface area contributed by atoms with Crippen LogP contribution in [0.25, 0.3) is 0 Å². The maximum Gasteiger partial charge on any atom is 0.225 e. The first kappa shape index (κ1) is 28.1. The predicted molar refractivity (Wildman–Crippen MR) is 143 cm³/mol. The van der Waals surface area contributed by atoms with Crippen molar-refractivity contribution >= 4 is 29.1 Å². The van der Waals surface area contributed by atoms with Gasteiger partial charge >= 0.3 is 0 Å². The number of anilines is 1. The van der Waals surface area contributed by atoms with Crippen LogP contribution < -0.4 is 9.64 Å². The van der Waals surface area contributed by atoms with Crippen LogP contribution in [0.15, 0.2) is 42.5 Å². The second-order valence-electron chi connectivity index (χ2n) is 9.86. The van der Waals surface area contributed by atoms with E-state index in [0.29, 0.717) is 56.8 Å². The molecule has 2 amide bonds. The van der Waals surface area contributed by atoms with E-state index in [1.807, 2.05) is 24.9 Å². The average Bonchev–Trinajstić information content (AvgIpc) is 2.93. The van der Waals surface area contributed by atoms with E-state index in [1.165, 1.54) is 12.1 Å². The molecule has 2 aliphatic rings. The molecular weight excluding hydrogens is 513 g/mol. The monoisotopic (exact) mass is 547 g/mol. The third-order valence-electron chi connectivity index (χ3n) is 7.00. The van der Waals surface area contributed by atoms with Crippen molar-refractivity contribution in [1.29, 1.82) is 0 Å². The number of benzene rings is 2. The Kier molecular flexibility index (Phi) is 9.46. The van der Waals surface area contributed by atoms with E-state index >= 15 is 0 Å². The third-order valence-corrected chi connectivity index (χ3v) is 7.42. The Hall–Kier alpha value is -2.88. The van der Waals surface area contributed by atoms with Gasteiger partial charge < -0.3 is 28.9 Å². The number of halogens is 2. The van der Waals surface area contributed by atoms with Crippen LogP contribution in [0.5, 0.6) is 5.75 Å². The first-order chi connectivity index (χ1) is 18.2. The van der Waals surface area contributed by atoms with Gasteiger partial charge in [0.05, 0.1) is 32.8 Å². The fourth-order valence-electron chi connectivity index (χ4n) is 4.67. The van der Waals surface area contributed by atoms with E-state index in [1.54, 1.807) is 34.1 Å². The summed E-state index contributed by atoms with van der Waals surface area (Å²) in [5.74, 6) is 0.242. The van der Waals surface area contributed by atoms with Crippen molar-refractivity contribution in [2.45, 2.75) is 25.4 Å². The van der Waals surface area contributed by atoms with Crippen molar-refractivity contribution in [3.05, 3.63) is 58.9 Å². The van der Waals surface area contributed by atoms with Crippen molar-refractivity contribution in [3.8, 4) is 5.75 Å². The zero-order valence-electron chi connectivity index (χ0n) is 22.0. The van der Waals surface area contributed by atoms with Gasteiger partial charge in [0.2, 0.25) is 11.8 Å². The molecule has 4 rings (SSSR count). The van der Waals surface area contributed by atoms with Crippen LogP contribution in [-0.4, -0.2) is 93.4 Å². The van der Waals surface area contributed by atoms with Gasteiger partial charge in [0.15, 0.2) is 0 Å². The van der Waals surface area contributed by atoms with Crippen molar-refractivity contribution < 1.29 is 28.2 Å². The molecule has 8 nitrogen and oxygen atoms in total. The Morgan fingerprint density at radius 1 is 1.05 bits per heavy atom. The minimum atomic E-state index is -0.986. The minimum absolute atomic E-state index is 0.0344. The molecule has 0 aliphatic carbocycles. The Labute approximate surface area is 228 Å². The van der Waals surface area contributed by atoms with Gasteiger partial charge in [-0.1, -0.05) is 11.6 Å². The number of hydrogen-bond acceptors (Lipinski definition) is 6. The molecule has 2 aromatic carbocycles. The number of carbonyl (C=O) groups excluding carboxylic acids is 2. The molecule has 2 heterocycles. The molecule has 2 fully saturated rings. The number of morpholine rings is 2. The lowest BCUT2D eigenvalue weighted by Gasteiger charge is -2.43. The van der Waals surface area contributed by atoms with Gasteiger partial charge in [-0.15, -0.1) is 0 Å². The molecule has 206 valence electrons. The highest BCUT2D eigenvalue weighted by atomic mass is 35.5. The number of ether oxygens (including phenoxy) is 3. The van der Waals surface area contributed by atoms with E-state index in [0.717, 1.165) is 11.3 Å². The largest absolute Gasteiger partial charge is 0.490 e. The van der Waals surface area contributed by atoms with Gasteiger partial charge in [-0.05, 0) is 55.0 Å². The molecule has 10 heteroatoms. The Morgan fingerprint density at radius 3 is 2.47 bits per heavy atom. The summed E-state index contributed by atoms with van der Waals surface area (Å²) in [7, 11) is 1.87. The van der Waals surface area contributed by atoms with E-state index in [2.05, 4.69) is 0 Å². The molecular formula is C28H35ClFN3O5. The van der Waals surface area contributed by atoms with Gasteiger partial charge in [-0.2, -0.15) is 0 Å². The molecule has 0 saturated carbocycles. The smallest absolute Gasteiger partial charge is 0.225 e. The van der Waals surface area contributed by atoms with Crippen molar-refractivity contribution in [1.82, 2.24) is 9.80 Å². The third kappa shape index (κ3) is 7.36. The normalized spacial score (nSPS) is 19.8. The molecule has 0 N–H and O–H groups in total. The second-order valence-corrected chi connectivity index (χ2v) is 10.3. The number of carbonyl (C=O) groups is 2. The lowest BCUT2D eigenvalue weighted by Crippen LogP contribution is -2.59. The summed E-state index contributed by atoms with van der Waals surface area (Å²) in [5, 5.41) is 0.644. The topological polar surface area (TPSA) is 71.5 Å². The summed E-state index contributed by atoms with van der Waals surface area (Å²) in [5.41, 5.74) is 0.729. The van der Waals surface area contributed by atoms with Crippen LogP contribution >= 0.6 is 11.6 Å². The van der Waals surface area contributed by atoms with E-state index in [-0.39, 0.29) is 43.6 Å². The predicted octanol–water partition coefficient (Wildman–Crippen LogP) is 3.54. The van der Waals surface area contributed by atoms with Crippen molar-refractivity contribution in [2.24, 2.45) is 0 Å². The molecule has 1 unspecified atom stereocenters. The molecule has 0 aromatic heterocycles. The van der Waals surface area contributed by atoms with Crippen molar-refractivity contribution in [3.63, 3.8) is 0 Å². The van der Waals surface area contributed by atoms with Gasteiger partial charge in [0.1, 0.15) is 23.8 Å². The second kappa shape index (κ2) is 12.8. The Bertz CT molecular complexity index is 1110. The molecule has 1 atom stereocenters. The van der Waals surface area contributed by atoms with Gasteiger partial charge in [0, 0.05) is 50.4 Å². The fourth-order valence-corrected chi connectivity index (χ4v) is 4.79. The fraction of sp³-hybridized carbons (Fsp3) is 0.500. The van der Waals surface area contributed by atoms with Crippen LogP contribution in [0.3, 0.4) is 0 Å². The highest BCUT2D eigenvalue weighted by Crippen LogP contribution is 2.28. The minimum Gasteiger partial charge on any atom is -0.490 e. The zero-order chi connectivity index (χ0) is 27.1. The van der Waals surface area contributed by atoms with Gasteiger partial charge in [-0.25, -0.2) is 4.39 Å². The molecule has 2 aromatic rings. The molecule has 0 radical (unpaired) electrons. The maximum atomic E-state index is 13.3. The number of rotatable bonds is 9. The van der Waals surface area contributed by atoms with E-state index < -0.39 is 5.60 Å². The summed E-state index contributed by atoms with van der Waals surface area (Å²) in [6.45, 7) is 5.55. The SMILES string of the molecule is Cc1cc(OCC2(CC(=O)N3CCOCC3)CN(C(=O)CCN(C)c3ccc(F)cc3)CCO2)ccc1Cl. The molecule has 38 heavy (non-hydrogen) atoms. The van der Waals surface area contributed by atoms with Crippen LogP contribution in [-0.2, 0) is 19.1 Å². The summed E-state index contributed by atoms with van der Waals surface area (Å²) >= 11 is 6.16.